The van der Waals surface area contributed by atoms with Crippen molar-refractivity contribution < 1.29 is 18.4 Å². The van der Waals surface area contributed by atoms with Crippen LogP contribution in [0.15, 0.2) is 24.3 Å². The zero-order valence-corrected chi connectivity index (χ0v) is 18.8. The van der Waals surface area contributed by atoms with Gasteiger partial charge in [-0.15, -0.1) is 0 Å². The van der Waals surface area contributed by atoms with Crippen molar-refractivity contribution in [1.29, 1.82) is 0 Å². The average Bonchev–Trinajstić information content (AvgIpc) is 3.16. The number of rotatable bonds is 4. The van der Waals surface area contributed by atoms with Gasteiger partial charge in [-0.2, -0.15) is 5.10 Å². The molecule has 0 radical (unpaired) electrons. The lowest BCUT2D eigenvalue weighted by molar-refractivity contribution is -0.135. The van der Waals surface area contributed by atoms with Crippen LogP contribution in [-0.2, 0) is 16.1 Å². The van der Waals surface area contributed by atoms with Gasteiger partial charge in [-0.05, 0) is 50.5 Å². The van der Waals surface area contributed by atoms with Crippen molar-refractivity contribution in [2.24, 2.45) is 5.92 Å². The van der Waals surface area contributed by atoms with E-state index in [0.717, 1.165) is 30.3 Å². The number of nitrogens with zero attached hydrogens (tertiary/aromatic N) is 3. The Morgan fingerprint density at radius 2 is 1.94 bits per heavy atom. The molecule has 1 spiro atoms. The summed E-state index contributed by atoms with van der Waals surface area (Å²) in [6.07, 6.45) is 2.67. The first-order valence-corrected chi connectivity index (χ1v) is 11.2. The number of benzene rings is 1. The first kappa shape index (κ1) is 22.4. The summed E-state index contributed by atoms with van der Waals surface area (Å²) in [7, 11) is 0. The van der Waals surface area contributed by atoms with E-state index in [2.05, 4.69) is 10.4 Å². The summed E-state index contributed by atoms with van der Waals surface area (Å²) in [6, 6.07) is 5.45. The number of halogens is 2. The maximum atomic E-state index is 14.0. The number of amides is 2. The number of hydrogen-bond donors (Lipinski definition) is 1. The van der Waals surface area contributed by atoms with Crippen LogP contribution >= 0.6 is 0 Å². The Morgan fingerprint density at radius 1 is 1.22 bits per heavy atom. The fraction of sp³-hybridized carbons (Fsp3) is 0.542. The van der Waals surface area contributed by atoms with Crippen molar-refractivity contribution in [1.82, 2.24) is 20.0 Å². The Morgan fingerprint density at radius 3 is 2.59 bits per heavy atom. The smallest absolute Gasteiger partial charge is 0.227 e. The highest BCUT2D eigenvalue weighted by Crippen LogP contribution is 2.41. The molecule has 3 heterocycles. The Hall–Kier alpha value is -2.77. The quantitative estimate of drug-likeness (QED) is 0.785. The van der Waals surface area contributed by atoms with Crippen molar-refractivity contribution in [3.8, 4) is 0 Å². The molecule has 2 amide bonds. The predicted octanol–water partition coefficient (Wildman–Crippen LogP) is 3.47. The molecule has 2 aromatic rings. The summed E-state index contributed by atoms with van der Waals surface area (Å²) >= 11 is 0. The molecule has 32 heavy (non-hydrogen) atoms. The second-order valence-electron chi connectivity index (χ2n) is 9.40. The molecule has 0 bridgehead atoms. The first-order chi connectivity index (χ1) is 15.2. The average molecular weight is 445 g/mol. The summed E-state index contributed by atoms with van der Waals surface area (Å²) in [5, 5.41) is 7.58. The lowest BCUT2D eigenvalue weighted by atomic mass is 9.79. The van der Waals surface area contributed by atoms with Gasteiger partial charge in [0.05, 0.1) is 23.7 Å². The van der Waals surface area contributed by atoms with Gasteiger partial charge in [0.15, 0.2) is 0 Å². The molecule has 8 heteroatoms. The molecular weight excluding hydrogens is 414 g/mol. The minimum atomic E-state index is -0.721. The normalized spacial score (nSPS) is 24.5. The number of carbonyl (C=O) groups excluding carboxylic acids is 2. The molecule has 172 valence electrons. The van der Waals surface area contributed by atoms with Gasteiger partial charge in [-0.25, -0.2) is 8.78 Å². The van der Waals surface area contributed by atoms with Crippen molar-refractivity contribution in [3.63, 3.8) is 0 Å². The zero-order valence-electron chi connectivity index (χ0n) is 18.8. The van der Waals surface area contributed by atoms with E-state index in [1.807, 2.05) is 31.5 Å². The molecule has 1 aromatic heterocycles. The van der Waals surface area contributed by atoms with Crippen LogP contribution < -0.4 is 5.32 Å². The van der Waals surface area contributed by atoms with Crippen molar-refractivity contribution in [2.75, 3.05) is 13.1 Å². The van der Waals surface area contributed by atoms with Crippen molar-refractivity contribution >= 4 is 11.8 Å². The number of hydrogen-bond acceptors (Lipinski definition) is 3. The Bertz CT molecular complexity index is 1020. The highest BCUT2D eigenvalue weighted by Gasteiger charge is 2.50. The van der Waals surface area contributed by atoms with Crippen LogP contribution in [0, 0.1) is 31.4 Å². The van der Waals surface area contributed by atoms with Crippen LogP contribution in [0.2, 0.25) is 0 Å². The molecule has 6 nitrogen and oxygen atoms in total. The molecule has 0 unspecified atom stereocenters. The zero-order chi connectivity index (χ0) is 23.0. The molecular formula is C24H30F2N4O2. The van der Waals surface area contributed by atoms with E-state index in [1.54, 1.807) is 4.90 Å². The summed E-state index contributed by atoms with van der Waals surface area (Å²) in [5.41, 5.74) is 1.65. The number of aryl methyl sites for hydroxylation is 2. The largest absolute Gasteiger partial charge is 0.348 e. The van der Waals surface area contributed by atoms with Gasteiger partial charge in [-0.1, -0.05) is 13.3 Å². The lowest BCUT2D eigenvalue weighted by Crippen LogP contribution is -2.53. The molecule has 1 N–H and O–H groups in total. The van der Waals surface area contributed by atoms with E-state index in [1.165, 1.54) is 12.1 Å². The van der Waals surface area contributed by atoms with Crippen LogP contribution in [0.1, 0.15) is 55.5 Å². The van der Waals surface area contributed by atoms with Gasteiger partial charge >= 0.3 is 0 Å². The summed E-state index contributed by atoms with van der Waals surface area (Å²) in [5.74, 6) is -2.13. The van der Waals surface area contributed by atoms with Gasteiger partial charge in [0, 0.05) is 37.2 Å². The van der Waals surface area contributed by atoms with E-state index < -0.39 is 17.2 Å². The molecule has 1 aromatic carbocycles. The van der Waals surface area contributed by atoms with Crippen LogP contribution in [0.3, 0.4) is 0 Å². The fourth-order valence-corrected chi connectivity index (χ4v) is 5.30. The number of nitrogens with one attached hydrogen (secondary N) is 1. The molecule has 2 fully saturated rings. The monoisotopic (exact) mass is 444 g/mol. The molecule has 2 saturated heterocycles. The van der Waals surface area contributed by atoms with Gasteiger partial charge in [-0.3, -0.25) is 14.3 Å². The molecule has 2 aliphatic rings. The van der Waals surface area contributed by atoms with Crippen LogP contribution in [-0.4, -0.2) is 45.1 Å². The second-order valence-corrected chi connectivity index (χ2v) is 9.40. The minimum Gasteiger partial charge on any atom is -0.348 e. The van der Waals surface area contributed by atoms with Crippen LogP contribution in [0.5, 0.6) is 0 Å². The van der Waals surface area contributed by atoms with E-state index in [4.69, 9.17) is 0 Å². The summed E-state index contributed by atoms with van der Waals surface area (Å²) in [4.78, 5) is 27.6. The minimum absolute atomic E-state index is 0.0465. The van der Waals surface area contributed by atoms with Gasteiger partial charge in [0.1, 0.15) is 11.6 Å². The summed E-state index contributed by atoms with van der Waals surface area (Å²) < 4.78 is 29.9. The molecule has 2 aliphatic heterocycles. The van der Waals surface area contributed by atoms with Gasteiger partial charge in [0.2, 0.25) is 11.8 Å². The number of aromatic nitrogens is 2. The molecule has 0 aliphatic carbocycles. The maximum absolute atomic E-state index is 14.0. The third kappa shape index (κ3) is 4.40. The third-order valence-electron chi connectivity index (χ3n) is 6.78. The molecule has 3 atom stereocenters. The van der Waals surface area contributed by atoms with Gasteiger partial charge < -0.3 is 10.2 Å². The standard InChI is InChI=1S/C24H30F2N4O2/c1-15(12-30-17(3)8-16(2)28-30)23(32)29-13-21(18-9-19(25)11-20(26)10-18)24(14-29)7-5-4-6-22(31)27-24/h8-11,15,21H,4-7,12-14H2,1-3H3,(H,27,31)/t15-,21+,24-/m1/s1. The molecule has 0 saturated carbocycles. The maximum Gasteiger partial charge on any atom is 0.227 e. The second kappa shape index (κ2) is 8.64. The van der Waals surface area contributed by atoms with Crippen LogP contribution in [0.25, 0.3) is 0 Å². The SMILES string of the molecule is Cc1cc(C)n(C[C@@H](C)C(=O)N2C[C@@H](c3cc(F)cc(F)c3)[C@@]3(CCCCC(=O)N3)C2)n1. The fourth-order valence-electron chi connectivity index (χ4n) is 5.30. The highest BCUT2D eigenvalue weighted by molar-refractivity contribution is 5.81. The Balaban J connectivity index is 1.62. The van der Waals surface area contributed by atoms with E-state index in [-0.39, 0.29) is 23.7 Å². The third-order valence-corrected chi connectivity index (χ3v) is 6.78. The Kier molecular flexibility index (Phi) is 6.05. The van der Waals surface area contributed by atoms with Crippen molar-refractivity contribution in [2.45, 2.75) is 64.5 Å². The number of carbonyl (C=O) groups is 2. The van der Waals surface area contributed by atoms with E-state index in [0.29, 0.717) is 38.0 Å². The van der Waals surface area contributed by atoms with Crippen LogP contribution in [0.4, 0.5) is 8.78 Å². The summed E-state index contributed by atoms with van der Waals surface area (Å²) in [6.45, 7) is 6.83. The molecule has 4 rings (SSSR count). The predicted molar refractivity (Wildman–Crippen MR) is 116 cm³/mol. The highest BCUT2D eigenvalue weighted by atomic mass is 19.1. The topological polar surface area (TPSA) is 67.2 Å². The van der Waals surface area contributed by atoms with Gasteiger partial charge in [0.25, 0.3) is 0 Å². The van der Waals surface area contributed by atoms with E-state index >= 15 is 0 Å². The number of likely N-dealkylation sites (tertiary alicyclic amines) is 1. The van der Waals surface area contributed by atoms with E-state index in [9.17, 15) is 18.4 Å². The first-order valence-electron chi connectivity index (χ1n) is 11.2. The van der Waals surface area contributed by atoms with Crippen molar-refractivity contribution in [3.05, 3.63) is 52.9 Å². The lowest BCUT2D eigenvalue weighted by Gasteiger charge is -2.35. The Labute approximate surface area is 187 Å².